The van der Waals surface area contributed by atoms with Crippen LogP contribution in [0.3, 0.4) is 0 Å². The van der Waals surface area contributed by atoms with Gasteiger partial charge in [-0.05, 0) is 44.1 Å². The molecule has 1 aromatic rings. The monoisotopic (exact) mass is 211 g/mol. The van der Waals surface area contributed by atoms with E-state index in [1.54, 1.807) is 0 Å². The zero-order chi connectivity index (χ0) is 10.8. The number of benzene rings is 1. The van der Waals surface area contributed by atoms with Crippen LogP contribution in [0.4, 0.5) is 8.78 Å². The summed E-state index contributed by atoms with van der Waals surface area (Å²) in [4.78, 5) is 2.19. The minimum atomic E-state index is -0.352. The molecule has 3 heteroatoms. The van der Waals surface area contributed by atoms with E-state index in [1.807, 2.05) is 0 Å². The maximum Gasteiger partial charge on any atom is 0.128 e. The van der Waals surface area contributed by atoms with E-state index < -0.39 is 0 Å². The normalized spacial score (nSPS) is 22.2. The lowest BCUT2D eigenvalue weighted by atomic mass is 10.0. The van der Waals surface area contributed by atoms with Gasteiger partial charge in [0.25, 0.3) is 0 Å². The SMILES string of the molecule is CCN1CCC[C@@H]1c1cc(F)ccc1F. The molecule has 15 heavy (non-hydrogen) atoms. The van der Waals surface area contributed by atoms with Crippen LogP contribution in [0.15, 0.2) is 18.2 Å². The highest BCUT2D eigenvalue weighted by Gasteiger charge is 2.26. The zero-order valence-corrected chi connectivity index (χ0v) is 8.84. The summed E-state index contributed by atoms with van der Waals surface area (Å²) in [5, 5.41) is 0. The lowest BCUT2D eigenvalue weighted by Crippen LogP contribution is -2.23. The van der Waals surface area contributed by atoms with E-state index in [0.29, 0.717) is 5.56 Å². The van der Waals surface area contributed by atoms with E-state index in [-0.39, 0.29) is 17.7 Å². The summed E-state index contributed by atoms with van der Waals surface area (Å²) in [5.74, 6) is -0.642. The van der Waals surface area contributed by atoms with Crippen molar-refractivity contribution in [3.05, 3.63) is 35.4 Å². The highest BCUT2D eigenvalue weighted by atomic mass is 19.1. The van der Waals surface area contributed by atoms with Gasteiger partial charge in [-0.15, -0.1) is 0 Å². The van der Waals surface area contributed by atoms with Crippen LogP contribution in [-0.4, -0.2) is 18.0 Å². The number of rotatable bonds is 2. The molecule has 0 aromatic heterocycles. The second-order valence-corrected chi connectivity index (χ2v) is 3.95. The van der Waals surface area contributed by atoms with E-state index in [0.717, 1.165) is 25.9 Å². The Morgan fingerprint density at radius 3 is 2.93 bits per heavy atom. The Kier molecular flexibility index (Phi) is 3.00. The summed E-state index contributed by atoms with van der Waals surface area (Å²) in [6.07, 6.45) is 1.99. The van der Waals surface area contributed by atoms with Crippen molar-refractivity contribution in [3.63, 3.8) is 0 Å². The molecule has 1 atom stereocenters. The summed E-state index contributed by atoms with van der Waals surface area (Å²) >= 11 is 0. The first-order valence-electron chi connectivity index (χ1n) is 5.41. The molecule has 1 aliphatic rings. The van der Waals surface area contributed by atoms with Gasteiger partial charge in [0.05, 0.1) is 0 Å². The molecule has 1 saturated heterocycles. The fourth-order valence-electron chi connectivity index (χ4n) is 2.33. The van der Waals surface area contributed by atoms with E-state index in [2.05, 4.69) is 11.8 Å². The minimum absolute atomic E-state index is 0.0608. The Hall–Kier alpha value is -0.960. The third kappa shape index (κ3) is 2.02. The van der Waals surface area contributed by atoms with E-state index in [1.165, 1.54) is 18.2 Å². The third-order valence-corrected chi connectivity index (χ3v) is 3.09. The molecule has 0 saturated carbocycles. The highest BCUT2D eigenvalue weighted by Crippen LogP contribution is 2.33. The maximum atomic E-state index is 13.5. The molecule has 0 N–H and O–H groups in total. The van der Waals surface area contributed by atoms with Gasteiger partial charge in [-0.1, -0.05) is 6.92 Å². The van der Waals surface area contributed by atoms with Crippen molar-refractivity contribution in [1.29, 1.82) is 0 Å². The van der Waals surface area contributed by atoms with Gasteiger partial charge in [-0.25, -0.2) is 8.78 Å². The number of hydrogen-bond acceptors (Lipinski definition) is 1. The molecule has 0 bridgehead atoms. The molecule has 82 valence electrons. The van der Waals surface area contributed by atoms with E-state index >= 15 is 0 Å². The molecular weight excluding hydrogens is 196 g/mol. The number of nitrogens with zero attached hydrogens (tertiary/aromatic N) is 1. The van der Waals surface area contributed by atoms with Gasteiger partial charge in [0.2, 0.25) is 0 Å². The smallest absolute Gasteiger partial charge is 0.128 e. The molecule has 1 aliphatic heterocycles. The van der Waals surface area contributed by atoms with Crippen molar-refractivity contribution >= 4 is 0 Å². The second-order valence-electron chi connectivity index (χ2n) is 3.95. The molecule has 2 rings (SSSR count). The maximum absolute atomic E-state index is 13.5. The van der Waals surface area contributed by atoms with Crippen molar-refractivity contribution in [2.45, 2.75) is 25.8 Å². The van der Waals surface area contributed by atoms with Gasteiger partial charge in [-0.3, -0.25) is 4.90 Å². The summed E-state index contributed by atoms with van der Waals surface area (Å²) in [6.45, 7) is 3.92. The molecule has 1 aromatic carbocycles. The Labute approximate surface area is 88.7 Å². The first-order valence-corrected chi connectivity index (χ1v) is 5.41. The van der Waals surface area contributed by atoms with Crippen LogP contribution in [0.2, 0.25) is 0 Å². The summed E-state index contributed by atoms with van der Waals surface area (Å²) < 4.78 is 26.6. The van der Waals surface area contributed by atoms with Gasteiger partial charge in [0.15, 0.2) is 0 Å². The first kappa shape index (κ1) is 10.6. The van der Waals surface area contributed by atoms with Crippen molar-refractivity contribution < 1.29 is 8.78 Å². The van der Waals surface area contributed by atoms with Crippen LogP contribution >= 0.6 is 0 Å². The van der Waals surface area contributed by atoms with Crippen molar-refractivity contribution in [2.24, 2.45) is 0 Å². The average molecular weight is 211 g/mol. The standard InChI is InChI=1S/C12H15F2N/c1-2-15-7-3-4-12(15)10-8-9(13)5-6-11(10)14/h5-6,8,12H,2-4,7H2,1H3/t12-/m1/s1. The summed E-state index contributed by atoms with van der Waals surface area (Å²) in [5.41, 5.74) is 0.509. The molecule has 1 nitrogen and oxygen atoms in total. The first-order chi connectivity index (χ1) is 7.22. The summed E-state index contributed by atoms with van der Waals surface area (Å²) in [6, 6.07) is 3.78. The number of halogens is 2. The van der Waals surface area contributed by atoms with E-state index in [9.17, 15) is 8.78 Å². The Morgan fingerprint density at radius 2 is 2.20 bits per heavy atom. The fourth-order valence-corrected chi connectivity index (χ4v) is 2.33. The zero-order valence-electron chi connectivity index (χ0n) is 8.84. The van der Waals surface area contributed by atoms with Crippen molar-refractivity contribution in [3.8, 4) is 0 Å². The molecule has 0 aliphatic carbocycles. The van der Waals surface area contributed by atoms with Gasteiger partial charge in [0, 0.05) is 11.6 Å². The van der Waals surface area contributed by atoms with Gasteiger partial charge >= 0.3 is 0 Å². The van der Waals surface area contributed by atoms with Crippen LogP contribution in [0, 0.1) is 11.6 Å². The average Bonchev–Trinajstić information content (AvgIpc) is 2.69. The number of hydrogen-bond donors (Lipinski definition) is 0. The van der Waals surface area contributed by atoms with Crippen molar-refractivity contribution in [1.82, 2.24) is 4.90 Å². The Morgan fingerprint density at radius 1 is 1.40 bits per heavy atom. The van der Waals surface area contributed by atoms with Crippen LogP contribution in [-0.2, 0) is 0 Å². The van der Waals surface area contributed by atoms with Gasteiger partial charge in [-0.2, -0.15) is 0 Å². The molecule has 0 amide bonds. The lowest BCUT2D eigenvalue weighted by molar-refractivity contribution is 0.265. The molecule has 0 unspecified atom stereocenters. The highest BCUT2D eigenvalue weighted by molar-refractivity contribution is 5.23. The van der Waals surface area contributed by atoms with Crippen LogP contribution in [0.1, 0.15) is 31.4 Å². The van der Waals surface area contributed by atoms with Crippen molar-refractivity contribution in [2.75, 3.05) is 13.1 Å². The Balaban J connectivity index is 2.31. The molecule has 1 fully saturated rings. The summed E-state index contributed by atoms with van der Waals surface area (Å²) in [7, 11) is 0. The van der Waals surface area contributed by atoms with Gasteiger partial charge < -0.3 is 0 Å². The van der Waals surface area contributed by atoms with Crippen LogP contribution in [0.25, 0.3) is 0 Å². The number of likely N-dealkylation sites (tertiary alicyclic amines) is 1. The molecule has 0 radical (unpaired) electrons. The van der Waals surface area contributed by atoms with Gasteiger partial charge in [0.1, 0.15) is 11.6 Å². The minimum Gasteiger partial charge on any atom is -0.296 e. The van der Waals surface area contributed by atoms with Crippen LogP contribution in [0.5, 0.6) is 0 Å². The molecule has 0 spiro atoms. The molecule has 1 heterocycles. The van der Waals surface area contributed by atoms with Crippen LogP contribution < -0.4 is 0 Å². The fraction of sp³-hybridized carbons (Fsp3) is 0.500. The molecular formula is C12H15F2N. The topological polar surface area (TPSA) is 3.24 Å². The second kappa shape index (κ2) is 4.27. The quantitative estimate of drug-likeness (QED) is 0.726. The van der Waals surface area contributed by atoms with E-state index in [4.69, 9.17) is 0 Å². The third-order valence-electron chi connectivity index (χ3n) is 3.09. The predicted molar refractivity (Wildman–Crippen MR) is 55.6 cm³/mol. The largest absolute Gasteiger partial charge is 0.296 e. The predicted octanol–water partition coefficient (Wildman–Crippen LogP) is 3.12. The Bertz CT molecular complexity index is 351. The lowest BCUT2D eigenvalue weighted by Gasteiger charge is -2.23.